The fraction of sp³-hybridized carbons (Fsp3) is 0.333. The lowest BCUT2D eigenvalue weighted by Gasteiger charge is -2.06. The smallest absolute Gasteiger partial charge is 0.258 e. The summed E-state index contributed by atoms with van der Waals surface area (Å²) in [6.07, 6.45) is 0.535. The van der Waals surface area contributed by atoms with E-state index < -0.39 is 4.92 Å². The van der Waals surface area contributed by atoms with Crippen LogP contribution in [0, 0.1) is 10.1 Å². The largest absolute Gasteiger partial charge is 0.274 e. The summed E-state index contributed by atoms with van der Waals surface area (Å²) in [5.74, 6) is 0. The van der Waals surface area contributed by atoms with E-state index >= 15 is 0 Å². The van der Waals surface area contributed by atoms with Crippen LogP contribution in [0.3, 0.4) is 0 Å². The van der Waals surface area contributed by atoms with Gasteiger partial charge >= 0.3 is 0 Å². The van der Waals surface area contributed by atoms with Crippen LogP contribution >= 0.6 is 39.1 Å². The van der Waals surface area contributed by atoms with Gasteiger partial charge in [-0.15, -0.1) is 0 Å². The molecule has 0 spiro atoms. The van der Waals surface area contributed by atoms with Crippen LogP contribution in [-0.4, -0.2) is 9.75 Å². The normalized spacial score (nSPS) is 12.5. The van der Waals surface area contributed by atoms with Gasteiger partial charge in [0.1, 0.15) is 0 Å². The number of nitro benzene ring substituents is 1. The molecule has 1 rings (SSSR count). The van der Waals surface area contributed by atoms with Gasteiger partial charge in [0.25, 0.3) is 5.69 Å². The van der Waals surface area contributed by atoms with E-state index in [0.717, 1.165) is 0 Å². The second-order valence-corrected chi connectivity index (χ2v) is 5.51. The zero-order valence-corrected chi connectivity index (χ0v) is 10.9. The quantitative estimate of drug-likeness (QED) is 0.476. The maximum atomic E-state index is 10.8. The van der Waals surface area contributed by atoms with Gasteiger partial charge in [0.15, 0.2) is 0 Å². The Labute approximate surface area is 106 Å². The number of nitro groups is 1. The highest BCUT2D eigenvalue weighted by Gasteiger charge is 2.17. The minimum absolute atomic E-state index is 0.00991. The molecule has 0 aliphatic heterocycles. The molecular weight excluding hydrogens is 305 g/mol. The number of rotatable bonds is 3. The van der Waals surface area contributed by atoms with Crippen LogP contribution in [0.1, 0.15) is 12.5 Å². The number of nitrogens with zero attached hydrogens (tertiary/aromatic N) is 1. The van der Waals surface area contributed by atoms with Gasteiger partial charge in [-0.05, 0) is 12.5 Å². The summed E-state index contributed by atoms with van der Waals surface area (Å²) in [4.78, 5) is 10.5. The average Bonchev–Trinajstić information content (AvgIpc) is 2.09. The first kappa shape index (κ1) is 12.7. The van der Waals surface area contributed by atoms with Crippen molar-refractivity contribution in [1.29, 1.82) is 0 Å². The molecule has 0 bridgehead atoms. The van der Waals surface area contributed by atoms with E-state index in [-0.39, 0.29) is 15.5 Å². The van der Waals surface area contributed by atoms with Crippen LogP contribution in [0.25, 0.3) is 0 Å². The van der Waals surface area contributed by atoms with E-state index in [0.29, 0.717) is 17.0 Å². The topological polar surface area (TPSA) is 43.1 Å². The van der Waals surface area contributed by atoms with Crippen molar-refractivity contribution in [3.63, 3.8) is 0 Å². The van der Waals surface area contributed by atoms with Gasteiger partial charge in [-0.1, -0.05) is 46.1 Å². The Morgan fingerprint density at radius 1 is 1.47 bits per heavy atom. The van der Waals surface area contributed by atoms with E-state index in [2.05, 4.69) is 15.9 Å². The number of alkyl halides is 1. The molecule has 0 amide bonds. The van der Waals surface area contributed by atoms with Crippen molar-refractivity contribution in [2.45, 2.75) is 18.2 Å². The lowest BCUT2D eigenvalue weighted by molar-refractivity contribution is -0.385. The standard InChI is InChI=1S/C9H8BrCl2NO2/c1-5(10)2-6-3-7(11)8(12)4-9(6)13(14)15/h3-5H,2H2,1H3. The summed E-state index contributed by atoms with van der Waals surface area (Å²) < 4.78 is 0. The first-order valence-corrected chi connectivity index (χ1v) is 5.85. The lowest BCUT2D eigenvalue weighted by Crippen LogP contribution is -2.01. The number of hydrogen-bond donors (Lipinski definition) is 0. The summed E-state index contributed by atoms with van der Waals surface area (Å²) >= 11 is 14.9. The molecule has 15 heavy (non-hydrogen) atoms. The molecule has 3 nitrogen and oxygen atoms in total. The summed E-state index contributed by atoms with van der Waals surface area (Å²) in [5, 5.41) is 11.3. The van der Waals surface area contributed by atoms with Crippen molar-refractivity contribution in [2.24, 2.45) is 0 Å². The van der Waals surface area contributed by atoms with Crippen molar-refractivity contribution < 1.29 is 4.92 Å². The highest BCUT2D eigenvalue weighted by molar-refractivity contribution is 9.09. The van der Waals surface area contributed by atoms with E-state index in [1.165, 1.54) is 6.07 Å². The Balaban J connectivity index is 3.22. The van der Waals surface area contributed by atoms with Gasteiger partial charge in [-0.2, -0.15) is 0 Å². The maximum Gasteiger partial charge on any atom is 0.274 e. The SMILES string of the molecule is CC(Br)Cc1cc(Cl)c(Cl)cc1[N+](=O)[O-]. The first-order valence-electron chi connectivity index (χ1n) is 4.18. The Kier molecular flexibility index (Phi) is 4.37. The molecule has 0 saturated carbocycles. The molecule has 0 fully saturated rings. The minimum atomic E-state index is -0.451. The predicted molar refractivity (Wildman–Crippen MR) is 65.2 cm³/mol. The molecule has 0 aromatic heterocycles. The minimum Gasteiger partial charge on any atom is -0.258 e. The zero-order chi connectivity index (χ0) is 11.6. The summed E-state index contributed by atoms with van der Waals surface area (Å²) in [6.45, 7) is 1.91. The van der Waals surface area contributed by atoms with Gasteiger partial charge in [0.05, 0.1) is 15.0 Å². The van der Waals surface area contributed by atoms with Crippen LogP contribution < -0.4 is 0 Å². The molecule has 82 valence electrons. The van der Waals surface area contributed by atoms with Crippen LogP contribution in [-0.2, 0) is 6.42 Å². The van der Waals surface area contributed by atoms with E-state index in [1.54, 1.807) is 6.07 Å². The van der Waals surface area contributed by atoms with Gasteiger partial charge in [0.2, 0.25) is 0 Å². The van der Waals surface area contributed by atoms with E-state index in [4.69, 9.17) is 23.2 Å². The molecule has 0 heterocycles. The van der Waals surface area contributed by atoms with Gasteiger partial charge in [-0.3, -0.25) is 10.1 Å². The summed E-state index contributed by atoms with van der Waals surface area (Å²) in [7, 11) is 0. The molecule has 0 N–H and O–H groups in total. The van der Waals surface area contributed by atoms with Crippen molar-refractivity contribution in [3.05, 3.63) is 37.9 Å². The van der Waals surface area contributed by atoms with E-state index in [9.17, 15) is 10.1 Å². The van der Waals surface area contributed by atoms with Gasteiger partial charge in [0, 0.05) is 16.5 Å². The lowest BCUT2D eigenvalue weighted by atomic mass is 10.1. The Hall–Kier alpha value is -0.320. The number of halogens is 3. The maximum absolute atomic E-state index is 10.8. The third-order valence-corrected chi connectivity index (χ3v) is 2.87. The van der Waals surface area contributed by atoms with Gasteiger partial charge in [-0.25, -0.2) is 0 Å². The fourth-order valence-corrected chi connectivity index (χ4v) is 1.91. The van der Waals surface area contributed by atoms with Crippen LogP contribution in [0.5, 0.6) is 0 Å². The molecule has 1 aromatic carbocycles. The molecular formula is C9H8BrCl2NO2. The Bertz CT molecular complexity index is 396. The first-order chi connectivity index (χ1) is 6.91. The number of benzene rings is 1. The average molecular weight is 313 g/mol. The zero-order valence-electron chi connectivity index (χ0n) is 7.84. The van der Waals surface area contributed by atoms with Crippen LogP contribution in [0.15, 0.2) is 12.1 Å². The molecule has 0 saturated heterocycles. The third-order valence-electron chi connectivity index (χ3n) is 1.82. The van der Waals surface area contributed by atoms with Crippen LogP contribution in [0.4, 0.5) is 5.69 Å². The Morgan fingerprint density at radius 2 is 2.00 bits per heavy atom. The highest BCUT2D eigenvalue weighted by Crippen LogP contribution is 2.31. The molecule has 0 aliphatic carbocycles. The monoisotopic (exact) mass is 311 g/mol. The van der Waals surface area contributed by atoms with E-state index in [1.807, 2.05) is 6.92 Å². The highest BCUT2D eigenvalue weighted by atomic mass is 79.9. The molecule has 6 heteroatoms. The Morgan fingerprint density at radius 3 is 2.47 bits per heavy atom. The van der Waals surface area contributed by atoms with Crippen LogP contribution in [0.2, 0.25) is 10.0 Å². The summed E-state index contributed by atoms with van der Waals surface area (Å²) in [5.41, 5.74) is 0.592. The van der Waals surface area contributed by atoms with Crippen molar-refractivity contribution in [3.8, 4) is 0 Å². The second kappa shape index (κ2) is 5.14. The third kappa shape index (κ3) is 3.33. The molecule has 1 aromatic rings. The molecule has 1 atom stereocenters. The summed E-state index contributed by atoms with van der Waals surface area (Å²) in [6, 6.07) is 2.83. The van der Waals surface area contributed by atoms with Gasteiger partial charge < -0.3 is 0 Å². The fourth-order valence-electron chi connectivity index (χ4n) is 1.21. The van der Waals surface area contributed by atoms with Crippen molar-refractivity contribution in [2.75, 3.05) is 0 Å². The molecule has 0 aliphatic rings. The predicted octanol–water partition coefficient (Wildman–Crippen LogP) is 4.23. The number of hydrogen-bond acceptors (Lipinski definition) is 2. The second-order valence-electron chi connectivity index (χ2n) is 3.14. The van der Waals surface area contributed by atoms with Crippen molar-refractivity contribution >= 4 is 44.8 Å². The van der Waals surface area contributed by atoms with Crippen molar-refractivity contribution in [1.82, 2.24) is 0 Å². The molecule has 0 radical (unpaired) electrons. The molecule has 1 unspecified atom stereocenters.